The molecule has 3 N–H and O–H groups in total. The van der Waals surface area contributed by atoms with Crippen LogP contribution >= 0.6 is 0 Å². The van der Waals surface area contributed by atoms with Gasteiger partial charge in [0.15, 0.2) is 0 Å². The zero-order valence-corrected chi connectivity index (χ0v) is 18.6. The lowest BCUT2D eigenvalue weighted by molar-refractivity contribution is -0.140. The average molecular weight is 486 g/mol. The summed E-state index contributed by atoms with van der Waals surface area (Å²) in [6.07, 6.45) is -1.70. The Morgan fingerprint density at radius 1 is 1.17 bits per heavy atom. The Bertz CT molecular complexity index is 1430. The summed E-state index contributed by atoms with van der Waals surface area (Å²) in [6, 6.07) is 4.09. The molecule has 1 aliphatic rings. The summed E-state index contributed by atoms with van der Waals surface area (Å²) in [5.41, 5.74) is 6.92. The summed E-state index contributed by atoms with van der Waals surface area (Å²) in [7, 11) is 0. The highest BCUT2D eigenvalue weighted by Gasteiger charge is 2.34. The lowest BCUT2D eigenvalue weighted by atomic mass is 10.0. The van der Waals surface area contributed by atoms with Crippen LogP contribution in [0.2, 0.25) is 0 Å². The van der Waals surface area contributed by atoms with Gasteiger partial charge >= 0.3 is 6.18 Å². The number of hydrogen-bond acceptors (Lipinski definition) is 8. The zero-order valence-electron chi connectivity index (χ0n) is 18.6. The predicted octanol–water partition coefficient (Wildman–Crippen LogP) is 2.58. The second-order valence-electron chi connectivity index (χ2n) is 8.48. The molecule has 182 valence electrons. The Kier molecular flexibility index (Phi) is 5.50. The highest BCUT2D eigenvalue weighted by atomic mass is 19.4. The maximum Gasteiger partial charge on any atom is 0.419 e. The Hall–Kier alpha value is -3.87. The highest BCUT2D eigenvalue weighted by molar-refractivity contribution is 5.99. The molecule has 1 fully saturated rings. The van der Waals surface area contributed by atoms with E-state index in [1.165, 1.54) is 13.1 Å². The van der Waals surface area contributed by atoms with E-state index in [1.54, 1.807) is 27.9 Å². The van der Waals surface area contributed by atoms with Crippen molar-refractivity contribution in [2.24, 2.45) is 0 Å². The monoisotopic (exact) mass is 486 g/mol. The van der Waals surface area contributed by atoms with Crippen LogP contribution in [-0.2, 0) is 11.0 Å². The smallest absolute Gasteiger partial charge is 0.384 e. The lowest BCUT2D eigenvalue weighted by Gasteiger charge is -2.32. The molecule has 1 amide bonds. The molecule has 0 bridgehead atoms. The quantitative estimate of drug-likeness (QED) is 0.451. The number of pyridine rings is 3. The van der Waals surface area contributed by atoms with E-state index in [-0.39, 0.29) is 23.2 Å². The van der Waals surface area contributed by atoms with Gasteiger partial charge in [-0.15, -0.1) is 5.10 Å². The van der Waals surface area contributed by atoms with Gasteiger partial charge in [-0.2, -0.15) is 13.2 Å². The molecule has 4 aromatic rings. The first-order valence-corrected chi connectivity index (χ1v) is 10.9. The van der Waals surface area contributed by atoms with E-state index in [9.17, 15) is 23.1 Å². The number of piperidine rings is 1. The van der Waals surface area contributed by atoms with Crippen LogP contribution in [0.15, 0.2) is 30.6 Å². The van der Waals surface area contributed by atoms with Crippen molar-refractivity contribution in [2.45, 2.75) is 38.1 Å². The van der Waals surface area contributed by atoms with Crippen molar-refractivity contribution < 1.29 is 23.1 Å². The van der Waals surface area contributed by atoms with E-state index >= 15 is 0 Å². The van der Waals surface area contributed by atoms with Crippen molar-refractivity contribution in [1.29, 1.82) is 0 Å². The van der Waals surface area contributed by atoms with Gasteiger partial charge in [0, 0.05) is 24.8 Å². The first-order chi connectivity index (χ1) is 16.6. The number of nitrogens with zero attached hydrogens (tertiary/aromatic N) is 7. The third kappa shape index (κ3) is 4.11. The Morgan fingerprint density at radius 3 is 2.60 bits per heavy atom. The first-order valence-electron chi connectivity index (χ1n) is 10.9. The molecule has 1 atom stereocenters. The molecule has 0 radical (unpaired) electrons. The summed E-state index contributed by atoms with van der Waals surface area (Å²) in [4.78, 5) is 26.4. The zero-order chi connectivity index (χ0) is 24.9. The fraction of sp³-hybridized carbons (Fsp3) is 0.364. The molecule has 5 heterocycles. The van der Waals surface area contributed by atoms with Crippen molar-refractivity contribution in [2.75, 3.05) is 18.8 Å². The number of rotatable bonds is 3. The Labute approximate surface area is 196 Å². The van der Waals surface area contributed by atoms with E-state index in [2.05, 4.69) is 25.3 Å². The molecule has 0 saturated carbocycles. The number of alkyl halides is 3. The molecule has 5 rings (SSSR count). The number of nitrogen functional groups attached to an aromatic ring is 1. The number of anilines is 1. The number of fused-ring (bicyclic) bond motifs is 3. The summed E-state index contributed by atoms with van der Waals surface area (Å²) in [6.45, 7) is 2.35. The number of aliphatic hydroxyl groups is 1. The first kappa shape index (κ1) is 22.9. The lowest BCUT2D eigenvalue weighted by Crippen LogP contribution is -2.43. The van der Waals surface area contributed by atoms with Crippen LogP contribution in [0.1, 0.15) is 31.4 Å². The highest BCUT2D eigenvalue weighted by Crippen LogP contribution is 2.35. The SMILES string of the molecule is C[C@H](O)C(=O)N1CCC(n2nnc3cnc4ccc(-c5cnc(N)c(C(F)(F)F)c5)nc4c32)CC1. The van der Waals surface area contributed by atoms with Gasteiger partial charge in [0.25, 0.3) is 5.91 Å². The van der Waals surface area contributed by atoms with Crippen molar-refractivity contribution in [3.05, 3.63) is 36.2 Å². The van der Waals surface area contributed by atoms with Crippen LogP contribution in [0.4, 0.5) is 19.0 Å². The second-order valence-corrected chi connectivity index (χ2v) is 8.48. The molecule has 4 aromatic heterocycles. The normalized spacial score (nSPS) is 16.2. The minimum Gasteiger partial charge on any atom is -0.384 e. The standard InChI is InChI=1S/C22H21F3N8O2/c1-11(34)21(35)32-6-4-13(5-7-32)33-19-17(30-31-33)10-27-16-3-2-15(29-18(16)19)12-8-14(22(23,24)25)20(26)28-9-12/h2-3,8-11,13,34H,4-7H2,1H3,(H2,26,28)/t11-/m0/s1. The minimum absolute atomic E-state index is 0.0795. The molecule has 10 nitrogen and oxygen atoms in total. The molecular weight excluding hydrogens is 465 g/mol. The largest absolute Gasteiger partial charge is 0.419 e. The van der Waals surface area contributed by atoms with E-state index in [0.29, 0.717) is 48.0 Å². The number of aliphatic hydroxyl groups excluding tert-OH is 1. The third-order valence-corrected chi connectivity index (χ3v) is 6.14. The number of halogens is 3. The second kappa shape index (κ2) is 8.41. The number of carbonyl (C=O) groups excluding carboxylic acids is 1. The average Bonchev–Trinajstić information content (AvgIpc) is 3.27. The number of hydrogen-bond donors (Lipinski definition) is 2. The van der Waals surface area contributed by atoms with Crippen LogP contribution in [0.3, 0.4) is 0 Å². The van der Waals surface area contributed by atoms with E-state index in [4.69, 9.17) is 5.73 Å². The predicted molar refractivity (Wildman–Crippen MR) is 120 cm³/mol. The van der Waals surface area contributed by atoms with Crippen LogP contribution in [-0.4, -0.2) is 65.1 Å². The maximum absolute atomic E-state index is 13.3. The number of aromatic nitrogens is 6. The molecular formula is C22H21F3N8O2. The summed E-state index contributed by atoms with van der Waals surface area (Å²) >= 11 is 0. The Morgan fingerprint density at radius 2 is 1.91 bits per heavy atom. The number of carbonyl (C=O) groups is 1. The van der Waals surface area contributed by atoms with Crippen molar-refractivity contribution in [3.8, 4) is 11.3 Å². The number of likely N-dealkylation sites (tertiary alicyclic amines) is 1. The topological polar surface area (TPSA) is 136 Å². The van der Waals surface area contributed by atoms with Gasteiger partial charge in [-0.1, -0.05) is 5.21 Å². The van der Waals surface area contributed by atoms with E-state index in [0.717, 1.165) is 6.07 Å². The van der Waals surface area contributed by atoms with Gasteiger partial charge in [0.1, 0.15) is 28.5 Å². The van der Waals surface area contributed by atoms with Crippen LogP contribution in [0.25, 0.3) is 33.3 Å². The molecule has 0 spiro atoms. The summed E-state index contributed by atoms with van der Waals surface area (Å²) in [5.74, 6) is -0.919. The molecule has 35 heavy (non-hydrogen) atoms. The summed E-state index contributed by atoms with van der Waals surface area (Å²) < 4.78 is 41.7. The van der Waals surface area contributed by atoms with Crippen LogP contribution in [0.5, 0.6) is 0 Å². The molecule has 1 aliphatic heterocycles. The van der Waals surface area contributed by atoms with E-state index < -0.39 is 23.7 Å². The van der Waals surface area contributed by atoms with E-state index in [1.807, 2.05) is 0 Å². The number of nitrogens with two attached hydrogens (primary N) is 1. The third-order valence-electron chi connectivity index (χ3n) is 6.14. The summed E-state index contributed by atoms with van der Waals surface area (Å²) in [5, 5.41) is 18.1. The van der Waals surface area contributed by atoms with Gasteiger partial charge in [0.05, 0.1) is 29.0 Å². The van der Waals surface area contributed by atoms with Gasteiger partial charge < -0.3 is 15.7 Å². The fourth-order valence-corrected chi connectivity index (χ4v) is 4.34. The minimum atomic E-state index is -4.65. The van der Waals surface area contributed by atoms with Gasteiger partial charge in [-0.3, -0.25) is 9.78 Å². The maximum atomic E-state index is 13.3. The molecule has 0 unspecified atom stereocenters. The molecule has 13 heteroatoms. The molecule has 0 aliphatic carbocycles. The van der Waals surface area contributed by atoms with Gasteiger partial charge in [-0.25, -0.2) is 14.6 Å². The Balaban J connectivity index is 1.55. The molecule has 0 aromatic carbocycles. The number of amides is 1. The van der Waals surface area contributed by atoms with Crippen molar-refractivity contribution >= 4 is 33.8 Å². The van der Waals surface area contributed by atoms with Gasteiger partial charge in [0.2, 0.25) is 0 Å². The van der Waals surface area contributed by atoms with Gasteiger partial charge in [-0.05, 0) is 38.0 Å². The fourth-order valence-electron chi connectivity index (χ4n) is 4.34. The molecule has 1 saturated heterocycles. The van der Waals surface area contributed by atoms with Crippen molar-refractivity contribution in [3.63, 3.8) is 0 Å². The van der Waals surface area contributed by atoms with Crippen molar-refractivity contribution in [1.82, 2.24) is 34.8 Å². The van der Waals surface area contributed by atoms with Crippen LogP contribution in [0, 0.1) is 0 Å². The van der Waals surface area contributed by atoms with Crippen LogP contribution < -0.4 is 5.73 Å².